The molecule has 2 aliphatic rings. The van der Waals surface area contributed by atoms with E-state index in [1.165, 1.54) is 7.05 Å². The van der Waals surface area contributed by atoms with Crippen LogP contribution in [0.25, 0.3) is 0 Å². The molecule has 1 aromatic carbocycles. The summed E-state index contributed by atoms with van der Waals surface area (Å²) in [6, 6.07) is 7.39. The number of likely N-dealkylation sites (tertiary alicyclic amines) is 1. The zero-order valence-electron chi connectivity index (χ0n) is 16.5. The van der Waals surface area contributed by atoms with E-state index in [-0.39, 0.29) is 18.4 Å². The smallest absolute Gasteiger partial charge is 0.327 e. The lowest BCUT2D eigenvalue weighted by atomic mass is 9.78. The van der Waals surface area contributed by atoms with Crippen LogP contribution in [0.1, 0.15) is 31.9 Å². The molecule has 3 rings (SSSR count). The standard InChI is InChI=1S/C20H27N3O4/c1-6-20(19(26)27-7-2)15-14(17(24)23(5)18(15)25)16(21-20)12-8-10-13(11-9-12)22(3)4/h8-11,14-16,21H,6-7H2,1-5H3/t14-,15+,16-,20-/m0/s1. The van der Waals surface area contributed by atoms with Gasteiger partial charge in [-0.25, -0.2) is 0 Å². The molecule has 2 saturated heterocycles. The van der Waals surface area contributed by atoms with E-state index in [0.717, 1.165) is 16.2 Å². The van der Waals surface area contributed by atoms with Gasteiger partial charge in [0.05, 0.1) is 18.4 Å². The van der Waals surface area contributed by atoms with Crippen LogP contribution in [0.2, 0.25) is 0 Å². The van der Waals surface area contributed by atoms with Crippen molar-refractivity contribution in [2.45, 2.75) is 31.8 Å². The second-order valence-corrected chi connectivity index (χ2v) is 7.39. The average Bonchev–Trinajstić information content (AvgIpc) is 3.12. The molecule has 0 radical (unpaired) electrons. The fourth-order valence-electron chi connectivity index (χ4n) is 4.33. The molecule has 0 spiro atoms. The van der Waals surface area contributed by atoms with E-state index in [9.17, 15) is 14.4 Å². The lowest BCUT2D eigenvalue weighted by Gasteiger charge is -2.31. The summed E-state index contributed by atoms with van der Waals surface area (Å²) in [5.41, 5.74) is 0.723. The van der Waals surface area contributed by atoms with E-state index in [0.29, 0.717) is 6.42 Å². The second kappa shape index (κ2) is 6.96. The number of carbonyl (C=O) groups excluding carboxylic acids is 3. The predicted octanol–water partition coefficient (Wildman–Crippen LogP) is 1.34. The number of nitrogens with one attached hydrogen (secondary N) is 1. The Bertz CT molecular complexity index is 761. The first kappa shape index (κ1) is 19.4. The van der Waals surface area contributed by atoms with Crippen molar-refractivity contribution in [2.75, 3.05) is 32.6 Å². The number of anilines is 1. The molecule has 1 N–H and O–H groups in total. The van der Waals surface area contributed by atoms with Gasteiger partial charge in [-0.1, -0.05) is 19.1 Å². The number of ether oxygens (including phenoxy) is 1. The zero-order valence-corrected chi connectivity index (χ0v) is 16.5. The maximum Gasteiger partial charge on any atom is 0.327 e. The van der Waals surface area contributed by atoms with Crippen LogP contribution in [0.15, 0.2) is 24.3 Å². The molecule has 0 bridgehead atoms. The van der Waals surface area contributed by atoms with E-state index in [4.69, 9.17) is 4.74 Å². The quantitative estimate of drug-likeness (QED) is 0.620. The van der Waals surface area contributed by atoms with Crippen molar-refractivity contribution in [1.29, 1.82) is 0 Å². The van der Waals surface area contributed by atoms with E-state index in [1.54, 1.807) is 6.92 Å². The Labute approximate surface area is 159 Å². The largest absolute Gasteiger partial charge is 0.465 e. The van der Waals surface area contributed by atoms with Crippen molar-refractivity contribution < 1.29 is 19.1 Å². The molecule has 7 nitrogen and oxygen atoms in total. The maximum absolute atomic E-state index is 12.9. The normalized spacial score (nSPS) is 29.8. The van der Waals surface area contributed by atoms with Crippen molar-refractivity contribution in [3.63, 3.8) is 0 Å². The minimum atomic E-state index is -1.19. The third-order valence-corrected chi connectivity index (χ3v) is 5.84. The van der Waals surface area contributed by atoms with Gasteiger partial charge >= 0.3 is 5.97 Å². The summed E-state index contributed by atoms with van der Waals surface area (Å²) in [5.74, 6) is -2.40. The Morgan fingerprint density at radius 3 is 2.33 bits per heavy atom. The minimum absolute atomic E-state index is 0.222. The van der Waals surface area contributed by atoms with Crippen molar-refractivity contribution in [1.82, 2.24) is 10.2 Å². The molecule has 146 valence electrons. The van der Waals surface area contributed by atoms with Crippen LogP contribution in [-0.2, 0) is 19.1 Å². The molecule has 0 unspecified atom stereocenters. The highest BCUT2D eigenvalue weighted by molar-refractivity contribution is 6.09. The first-order chi connectivity index (χ1) is 12.8. The lowest BCUT2D eigenvalue weighted by Crippen LogP contribution is -2.55. The molecule has 0 saturated carbocycles. The van der Waals surface area contributed by atoms with Crippen molar-refractivity contribution >= 4 is 23.5 Å². The summed E-state index contributed by atoms with van der Waals surface area (Å²) in [7, 11) is 5.40. The molecule has 2 aliphatic heterocycles. The number of amides is 2. The monoisotopic (exact) mass is 373 g/mol. The van der Waals surface area contributed by atoms with Crippen LogP contribution in [-0.4, -0.2) is 56.0 Å². The molecular weight excluding hydrogens is 346 g/mol. The van der Waals surface area contributed by atoms with Crippen LogP contribution >= 0.6 is 0 Å². The molecule has 0 aliphatic carbocycles. The summed E-state index contributed by atoms with van der Waals surface area (Å²) < 4.78 is 5.29. The van der Waals surface area contributed by atoms with Gasteiger partial charge in [0.15, 0.2) is 0 Å². The summed E-state index contributed by atoms with van der Waals surface area (Å²) in [5, 5.41) is 3.33. The minimum Gasteiger partial charge on any atom is -0.465 e. The highest BCUT2D eigenvalue weighted by Crippen LogP contribution is 2.50. The Morgan fingerprint density at radius 2 is 1.81 bits per heavy atom. The summed E-state index contributed by atoms with van der Waals surface area (Å²) in [6.07, 6.45) is 0.367. The first-order valence-corrected chi connectivity index (χ1v) is 9.32. The Balaban J connectivity index is 2.06. The second-order valence-electron chi connectivity index (χ2n) is 7.39. The SMILES string of the molecule is CCOC(=O)[C@@]1(CC)N[C@@H](c2ccc(N(C)C)cc2)[C@H]2C(=O)N(C)C(=O)[C@@H]21. The molecule has 0 aromatic heterocycles. The third-order valence-electron chi connectivity index (χ3n) is 5.84. The number of rotatable bonds is 5. The van der Waals surface area contributed by atoms with Crippen LogP contribution in [0.3, 0.4) is 0 Å². The number of benzene rings is 1. The molecule has 27 heavy (non-hydrogen) atoms. The number of nitrogens with zero attached hydrogens (tertiary/aromatic N) is 2. The van der Waals surface area contributed by atoms with Crippen LogP contribution < -0.4 is 10.2 Å². The van der Waals surface area contributed by atoms with Gasteiger partial charge in [0.25, 0.3) is 0 Å². The van der Waals surface area contributed by atoms with Gasteiger partial charge in [0, 0.05) is 32.9 Å². The molecule has 2 heterocycles. The van der Waals surface area contributed by atoms with E-state index >= 15 is 0 Å². The topological polar surface area (TPSA) is 79.0 Å². The fraction of sp³-hybridized carbons (Fsp3) is 0.550. The van der Waals surface area contributed by atoms with Crippen molar-refractivity contribution in [2.24, 2.45) is 11.8 Å². The summed E-state index contributed by atoms with van der Waals surface area (Å²) in [4.78, 5) is 41.7. The van der Waals surface area contributed by atoms with Gasteiger partial charge in [0.2, 0.25) is 11.8 Å². The number of hydrogen-bond donors (Lipinski definition) is 1. The van der Waals surface area contributed by atoms with Gasteiger partial charge in [-0.15, -0.1) is 0 Å². The Hall–Kier alpha value is -2.41. The van der Waals surface area contributed by atoms with Gasteiger partial charge in [-0.3, -0.25) is 24.6 Å². The van der Waals surface area contributed by atoms with E-state index < -0.39 is 29.4 Å². The zero-order chi connectivity index (χ0) is 19.9. The lowest BCUT2D eigenvalue weighted by molar-refractivity contribution is -0.156. The van der Waals surface area contributed by atoms with Crippen LogP contribution in [0.4, 0.5) is 5.69 Å². The molecule has 2 amide bonds. The molecule has 2 fully saturated rings. The predicted molar refractivity (Wildman–Crippen MR) is 101 cm³/mol. The number of fused-ring (bicyclic) bond motifs is 1. The Kier molecular flexibility index (Phi) is 4.99. The third kappa shape index (κ3) is 2.81. The van der Waals surface area contributed by atoms with E-state index in [1.807, 2.05) is 50.2 Å². The summed E-state index contributed by atoms with van der Waals surface area (Å²) in [6.45, 7) is 3.80. The average molecular weight is 373 g/mol. The van der Waals surface area contributed by atoms with Gasteiger partial charge < -0.3 is 9.64 Å². The number of carbonyl (C=O) groups is 3. The number of esters is 1. The first-order valence-electron chi connectivity index (χ1n) is 9.32. The fourth-order valence-corrected chi connectivity index (χ4v) is 4.33. The van der Waals surface area contributed by atoms with Gasteiger partial charge in [-0.05, 0) is 31.0 Å². The number of hydrogen-bond acceptors (Lipinski definition) is 6. The Morgan fingerprint density at radius 1 is 1.19 bits per heavy atom. The molecule has 4 atom stereocenters. The van der Waals surface area contributed by atoms with Gasteiger partial charge in [0.1, 0.15) is 5.54 Å². The molecular formula is C20H27N3O4. The maximum atomic E-state index is 12.9. The highest BCUT2D eigenvalue weighted by Gasteiger charge is 2.67. The number of imide groups is 1. The van der Waals surface area contributed by atoms with Crippen LogP contribution in [0, 0.1) is 11.8 Å². The van der Waals surface area contributed by atoms with Crippen molar-refractivity contribution in [3.8, 4) is 0 Å². The van der Waals surface area contributed by atoms with Gasteiger partial charge in [-0.2, -0.15) is 0 Å². The van der Waals surface area contributed by atoms with E-state index in [2.05, 4.69) is 5.32 Å². The summed E-state index contributed by atoms with van der Waals surface area (Å²) >= 11 is 0. The molecule has 1 aromatic rings. The van der Waals surface area contributed by atoms with Crippen LogP contribution in [0.5, 0.6) is 0 Å². The van der Waals surface area contributed by atoms with Crippen molar-refractivity contribution in [3.05, 3.63) is 29.8 Å². The molecule has 7 heteroatoms. The highest BCUT2D eigenvalue weighted by atomic mass is 16.5.